The molecule has 2 aromatic carbocycles. The molecular formula is C21H23NO5S. The Labute approximate surface area is 165 Å². The van der Waals surface area contributed by atoms with Gasteiger partial charge in [-0.3, -0.25) is 4.79 Å². The molecule has 0 saturated heterocycles. The van der Waals surface area contributed by atoms with Crippen LogP contribution in [0.1, 0.15) is 40.4 Å². The van der Waals surface area contributed by atoms with Crippen molar-refractivity contribution in [3.05, 3.63) is 65.2 Å². The van der Waals surface area contributed by atoms with Crippen molar-refractivity contribution in [1.82, 2.24) is 4.90 Å². The lowest BCUT2D eigenvalue weighted by atomic mass is 9.87. The molecule has 148 valence electrons. The first kappa shape index (κ1) is 20.1. The number of hydrogen-bond acceptors (Lipinski definition) is 5. The SMILES string of the molecule is CN(C(=O)COC(=O)c1ccccc1S(C)(=O)=O)[C@H]1CCCc2ccccc21. The molecule has 0 bridgehead atoms. The van der Waals surface area contributed by atoms with Crippen LogP contribution in [-0.2, 0) is 25.8 Å². The summed E-state index contributed by atoms with van der Waals surface area (Å²) in [4.78, 5) is 26.5. The molecule has 0 N–H and O–H groups in total. The van der Waals surface area contributed by atoms with Crippen molar-refractivity contribution >= 4 is 21.7 Å². The van der Waals surface area contributed by atoms with Crippen LogP contribution < -0.4 is 0 Å². The molecule has 0 saturated carbocycles. The van der Waals surface area contributed by atoms with Crippen molar-refractivity contribution in [2.45, 2.75) is 30.2 Å². The second kappa shape index (κ2) is 8.14. The van der Waals surface area contributed by atoms with Gasteiger partial charge in [0.15, 0.2) is 16.4 Å². The van der Waals surface area contributed by atoms with Gasteiger partial charge in [0.25, 0.3) is 5.91 Å². The Hall–Kier alpha value is -2.67. The number of benzene rings is 2. The summed E-state index contributed by atoms with van der Waals surface area (Å²) in [5.41, 5.74) is 2.29. The van der Waals surface area contributed by atoms with E-state index in [0.717, 1.165) is 31.1 Å². The van der Waals surface area contributed by atoms with Gasteiger partial charge in [-0.25, -0.2) is 13.2 Å². The molecule has 28 heavy (non-hydrogen) atoms. The van der Waals surface area contributed by atoms with Gasteiger partial charge in [0, 0.05) is 13.3 Å². The Balaban J connectivity index is 1.69. The van der Waals surface area contributed by atoms with Gasteiger partial charge in [0.1, 0.15) is 0 Å². The molecule has 3 rings (SSSR count). The Bertz CT molecular complexity index is 999. The number of nitrogens with zero attached hydrogens (tertiary/aromatic N) is 1. The molecule has 1 atom stereocenters. The molecule has 7 heteroatoms. The Morgan fingerprint density at radius 2 is 1.79 bits per heavy atom. The molecule has 2 aromatic rings. The summed E-state index contributed by atoms with van der Waals surface area (Å²) in [6, 6.07) is 13.8. The molecule has 1 aliphatic rings. The number of fused-ring (bicyclic) bond motifs is 1. The van der Waals surface area contributed by atoms with Gasteiger partial charge in [-0.2, -0.15) is 0 Å². The maximum Gasteiger partial charge on any atom is 0.339 e. The highest BCUT2D eigenvalue weighted by molar-refractivity contribution is 7.90. The minimum absolute atomic E-state index is 0.0561. The first-order valence-corrected chi connectivity index (χ1v) is 11.0. The lowest BCUT2D eigenvalue weighted by Gasteiger charge is -2.33. The van der Waals surface area contributed by atoms with Gasteiger partial charge < -0.3 is 9.64 Å². The first-order chi connectivity index (χ1) is 13.3. The van der Waals surface area contributed by atoms with Crippen LogP contribution in [0.4, 0.5) is 0 Å². The van der Waals surface area contributed by atoms with E-state index in [2.05, 4.69) is 6.07 Å². The van der Waals surface area contributed by atoms with Gasteiger partial charge in [-0.05, 0) is 42.5 Å². The maximum atomic E-state index is 12.6. The van der Waals surface area contributed by atoms with Crippen molar-refractivity contribution in [1.29, 1.82) is 0 Å². The monoisotopic (exact) mass is 401 g/mol. The van der Waals surface area contributed by atoms with Crippen molar-refractivity contribution < 1.29 is 22.7 Å². The number of ether oxygens (including phenoxy) is 1. The summed E-state index contributed by atoms with van der Waals surface area (Å²) in [7, 11) is -1.88. The largest absolute Gasteiger partial charge is 0.452 e. The summed E-state index contributed by atoms with van der Waals surface area (Å²) in [6.07, 6.45) is 3.86. The third-order valence-corrected chi connectivity index (χ3v) is 6.19. The molecule has 0 radical (unpaired) electrons. The van der Waals surface area contributed by atoms with Crippen LogP contribution in [0.15, 0.2) is 53.4 Å². The molecule has 0 aromatic heterocycles. The number of aryl methyl sites for hydroxylation is 1. The van der Waals surface area contributed by atoms with E-state index in [1.165, 1.54) is 23.8 Å². The highest BCUT2D eigenvalue weighted by Crippen LogP contribution is 2.33. The highest BCUT2D eigenvalue weighted by Gasteiger charge is 2.27. The zero-order chi connectivity index (χ0) is 20.3. The molecule has 0 spiro atoms. The third-order valence-electron chi connectivity index (χ3n) is 5.03. The van der Waals surface area contributed by atoms with Crippen LogP contribution >= 0.6 is 0 Å². The van der Waals surface area contributed by atoms with Crippen LogP contribution in [0, 0.1) is 0 Å². The highest BCUT2D eigenvalue weighted by atomic mass is 32.2. The van der Waals surface area contributed by atoms with Crippen LogP contribution in [0.2, 0.25) is 0 Å². The molecule has 6 nitrogen and oxygen atoms in total. The normalized spacial score (nSPS) is 16.1. The predicted molar refractivity (Wildman–Crippen MR) is 105 cm³/mol. The second-order valence-corrected chi connectivity index (χ2v) is 8.94. The van der Waals surface area contributed by atoms with Gasteiger partial charge >= 0.3 is 5.97 Å². The summed E-state index contributed by atoms with van der Waals surface area (Å²) < 4.78 is 28.8. The minimum Gasteiger partial charge on any atom is -0.452 e. The molecule has 1 amide bonds. The topological polar surface area (TPSA) is 80.8 Å². The third kappa shape index (κ3) is 4.25. The minimum atomic E-state index is -3.58. The van der Waals surface area contributed by atoms with Crippen molar-refractivity contribution in [3.63, 3.8) is 0 Å². The van der Waals surface area contributed by atoms with Gasteiger partial charge in [-0.1, -0.05) is 36.4 Å². The number of sulfone groups is 1. The van der Waals surface area contributed by atoms with Crippen LogP contribution in [0.5, 0.6) is 0 Å². The van der Waals surface area contributed by atoms with E-state index in [0.29, 0.717) is 0 Å². The number of hydrogen-bond donors (Lipinski definition) is 0. The lowest BCUT2D eigenvalue weighted by molar-refractivity contribution is -0.135. The van der Waals surface area contributed by atoms with Gasteiger partial charge in [-0.15, -0.1) is 0 Å². The second-order valence-electron chi connectivity index (χ2n) is 6.96. The Kier molecular flexibility index (Phi) is 5.84. The van der Waals surface area contributed by atoms with Crippen LogP contribution in [0.3, 0.4) is 0 Å². The summed E-state index contributed by atoms with van der Waals surface area (Å²) in [5.74, 6) is -1.15. The van der Waals surface area contributed by atoms with Crippen molar-refractivity contribution in [3.8, 4) is 0 Å². The number of esters is 1. The standard InChI is InChI=1S/C21H23NO5S/c1-22(18-12-7-9-15-8-3-4-10-16(15)18)20(23)14-27-21(24)17-11-5-6-13-19(17)28(2,25)26/h3-6,8,10-11,13,18H,7,9,12,14H2,1-2H3/t18-/m0/s1. The fourth-order valence-electron chi connectivity index (χ4n) is 3.57. The zero-order valence-corrected chi connectivity index (χ0v) is 16.7. The predicted octanol–water partition coefficient (Wildman–Crippen LogP) is 2.78. The lowest BCUT2D eigenvalue weighted by Crippen LogP contribution is -2.36. The average Bonchev–Trinajstić information content (AvgIpc) is 2.70. The van der Waals surface area contributed by atoms with E-state index >= 15 is 0 Å². The molecule has 0 unspecified atom stereocenters. The van der Waals surface area contributed by atoms with Crippen molar-refractivity contribution in [2.75, 3.05) is 19.9 Å². The zero-order valence-electron chi connectivity index (χ0n) is 15.9. The Morgan fingerprint density at radius 1 is 1.11 bits per heavy atom. The number of carbonyl (C=O) groups is 2. The number of rotatable bonds is 5. The van der Waals surface area contributed by atoms with Crippen LogP contribution in [-0.4, -0.2) is 45.1 Å². The van der Waals surface area contributed by atoms with Gasteiger partial charge in [0.05, 0.1) is 16.5 Å². The number of amides is 1. The van der Waals surface area contributed by atoms with Gasteiger partial charge in [0.2, 0.25) is 0 Å². The van der Waals surface area contributed by atoms with E-state index in [-0.39, 0.29) is 22.4 Å². The molecule has 0 heterocycles. The molecule has 0 fully saturated rings. The summed E-state index contributed by atoms with van der Waals surface area (Å²) in [6.45, 7) is -0.438. The first-order valence-electron chi connectivity index (χ1n) is 9.08. The van der Waals surface area contributed by atoms with Crippen molar-refractivity contribution in [2.24, 2.45) is 0 Å². The fourth-order valence-corrected chi connectivity index (χ4v) is 4.45. The summed E-state index contributed by atoms with van der Waals surface area (Å²) in [5, 5.41) is 0. The smallest absolute Gasteiger partial charge is 0.339 e. The van der Waals surface area contributed by atoms with E-state index in [9.17, 15) is 18.0 Å². The Morgan fingerprint density at radius 3 is 2.54 bits per heavy atom. The molecule has 0 aliphatic heterocycles. The molecule has 1 aliphatic carbocycles. The summed E-state index contributed by atoms with van der Waals surface area (Å²) >= 11 is 0. The van der Waals surface area contributed by atoms with E-state index in [1.54, 1.807) is 18.0 Å². The van der Waals surface area contributed by atoms with Crippen LogP contribution in [0.25, 0.3) is 0 Å². The maximum absolute atomic E-state index is 12.6. The van der Waals surface area contributed by atoms with E-state index in [4.69, 9.17) is 4.74 Å². The number of likely N-dealkylation sites (N-methyl/N-ethyl adjacent to an activating group) is 1. The van der Waals surface area contributed by atoms with E-state index < -0.39 is 22.4 Å². The van der Waals surface area contributed by atoms with E-state index in [1.807, 2.05) is 18.2 Å². The average molecular weight is 401 g/mol. The molecular weight excluding hydrogens is 378 g/mol. The fraction of sp³-hybridized carbons (Fsp3) is 0.333. The number of carbonyl (C=O) groups excluding carboxylic acids is 2. The quantitative estimate of drug-likeness (QED) is 0.720.